The number of hydrogen-bond acceptors (Lipinski definition) is 5. The van der Waals surface area contributed by atoms with Crippen LogP contribution in [0.5, 0.6) is 0 Å². The van der Waals surface area contributed by atoms with Crippen LogP contribution in [-0.2, 0) is 11.2 Å². The SMILES string of the molecule is NC(=O)NC(=O)CSc1nnc(Cc2ccccc2)n1-c1ccc(F)cc1. The third-order valence-corrected chi connectivity index (χ3v) is 4.51. The molecule has 0 bridgehead atoms. The average Bonchev–Trinajstić information content (AvgIpc) is 3.03. The maximum absolute atomic E-state index is 13.3. The van der Waals surface area contributed by atoms with E-state index in [1.807, 2.05) is 35.6 Å². The van der Waals surface area contributed by atoms with Gasteiger partial charge in [0.15, 0.2) is 5.16 Å². The zero-order chi connectivity index (χ0) is 19.2. The van der Waals surface area contributed by atoms with Crippen molar-refractivity contribution in [2.75, 3.05) is 5.75 Å². The number of hydrogen-bond donors (Lipinski definition) is 2. The van der Waals surface area contributed by atoms with Crippen LogP contribution in [0.15, 0.2) is 59.8 Å². The highest BCUT2D eigenvalue weighted by Crippen LogP contribution is 2.23. The van der Waals surface area contributed by atoms with Crippen LogP contribution in [-0.4, -0.2) is 32.5 Å². The molecule has 0 aliphatic rings. The van der Waals surface area contributed by atoms with Gasteiger partial charge < -0.3 is 5.73 Å². The summed E-state index contributed by atoms with van der Waals surface area (Å²) in [6, 6.07) is 14.7. The fourth-order valence-corrected chi connectivity index (χ4v) is 3.21. The van der Waals surface area contributed by atoms with Gasteiger partial charge in [-0.2, -0.15) is 0 Å². The van der Waals surface area contributed by atoms with Crippen molar-refractivity contribution in [2.24, 2.45) is 5.73 Å². The molecule has 0 aliphatic heterocycles. The summed E-state index contributed by atoms with van der Waals surface area (Å²) >= 11 is 1.10. The second-order valence-corrected chi connectivity index (χ2v) is 6.52. The van der Waals surface area contributed by atoms with Gasteiger partial charge in [-0.1, -0.05) is 42.1 Å². The first-order valence-corrected chi connectivity index (χ1v) is 8.98. The Hall–Kier alpha value is -3.20. The molecule has 0 saturated heterocycles. The molecule has 0 atom stereocenters. The molecule has 3 amide bonds. The van der Waals surface area contributed by atoms with Crippen molar-refractivity contribution in [3.8, 4) is 5.69 Å². The number of nitrogens with two attached hydrogens (primary N) is 1. The normalized spacial score (nSPS) is 10.6. The predicted molar refractivity (Wildman–Crippen MR) is 99.0 cm³/mol. The molecule has 0 saturated carbocycles. The van der Waals surface area contributed by atoms with Crippen LogP contribution in [0.25, 0.3) is 5.69 Å². The fourth-order valence-electron chi connectivity index (χ4n) is 2.44. The summed E-state index contributed by atoms with van der Waals surface area (Å²) in [5, 5.41) is 10.8. The lowest BCUT2D eigenvalue weighted by Crippen LogP contribution is -2.36. The quantitative estimate of drug-likeness (QED) is 0.634. The standard InChI is InChI=1S/C18H16FN5O2S/c19-13-6-8-14(9-7-13)24-15(10-12-4-2-1-3-5-12)22-23-18(24)27-11-16(25)21-17(20)26/h1-9H,10-11H2,(H3,20,21,25,26). The van der Waals surface area contributed by atoms with E-state index in [4.69, 9.17) is 5.73 Å². The summed E-state index contributed by atoms with van der Waals surface area (Å²) in [7, 11) is 0. The number of amides is 3. The number of carbonyl (C=O) groups excluding carboxylic acids is 2. The molecule has 9 heteroatoms. The second-order valence-electron chi connectivity index (χ2n) is 5.57. The van der Waals surface area contributed by atoms with Gasteiger partial charge in [0, 0.05) is 12.1 Å². The van der Waals surface area contributed by atoms with Gasteiger partial charge in [-0.15, -0.1) is 10.2 Å². The minimum absolute atomic E-state index is 0.0619. The molecule has 27 heavy (non-hydrogen) atoms. The third-order valence-electron chi connectivity index (χ3n) is 3.59. The maximum atomic E-state index is 13.3. The smallest absolute Gasteiger partial charge is 0.318 e. The zero-order valence-corrected chi connectivity index (χ0v) is 14.9. The summed E-state index contributed by atoms with van der Waals surface area (Å²) in [6.07, 6.45) is 0.513. The first-order chi connectivity index (χ1) is 13.0. The van der Waals surface area contributed by atoms with Crippen LogP contribution >= 0.6 is 11.8 Å². The molecule has 0 spiro atoms. The number of benzene rings is 2. The molecule has 2 aromatic carbocycles. The molecule has 3 rings (SSSR count). The lowest BCUT2D eigenvalue weighted by molar-refractivity contribution is -0.117. The molecule has 7 nitrogen and oxygen atoms in total. The van der Waals surface area contributed by atoms with E-state index in [0.29, 0.717) is 23.1 Å². The average molecular weight is 385 g/mol. The Balaban J connectivity index is 1.89. The van der Waals surface area contributed by atoms with Gasteiger partial charge in [0.25, 0.3) is 0 Å². The minimum Gasteiger partial charge on any atom is -0.351 e. The molecule has 0 aliphatic carbocycles. The van der Waals surface area contributed by atoms with Crippen molar-refractivity contribution < 1.29 is 14.0 Å². The van der Waals surface area contributed by atoms with E-state index in [0.717, 1.165) is 17.3 Å². The van der Waals surface area contributed by atoms with E-state index >= 15 is 0 Å². The third kappa shape index (κ3) is 4.91. The Labute approximate surface area is 158 Å². The maximum Gasteiger partial charge on any atom is 0.318 e. The lowest BCUT2D eigenvalue weighted by Gasteiger charge is -2.10. The summed E-state index contributed by atoms with van der Waals surface area (Å²) in [5.74, 6) is -0.309. The monoisotopic (exact) mass is 385 g/mol. The summed E-state index contributed by atoms with van der Waals surface area (Å²) < 4.78 is 15.1. The van der Waals surface area contributed by atoms with Crippen LogP contribution in [0.1, 0.15) is 11.4 Å². The number of rotatable bonds is 6. The number of urea groups is 1. The highest BCUT2D eigenvalue weighted by atomic mass is 32.2. The van der Waals surface area contributed by atoms with Crippen molar-refractivity contribution in [3.05, 3.63) is 71.8 Å². The molecule has 0 radical (unpaired) electrons. The predicted octanol–water partition coefficient (Wildman–Crippen LogP) is 2.28. The molecule has 0 unspecified atom stereocenters. The minimum atomic E-state index is -0.912. The van der Waals surface area contributed by atoms with E-state index in [2.05, 4.69) is 10.2 Å². The van der Waals surface area contributed by atoms with Gasteiger partial charge in [0.2, 0.25) is 5.91 Å². The summed E-state index contributed by atoms with van der Waals surface area (Å²) in [6.45, 7) is 0. The first-order valence-electron chi connectivity index (χ1n) is 7.99. The zero-order valence-electron chi connectivity index (χ0n) is 14.1. The topological polar surface area (TPSA) is 103 Å². The molecule has 3 N–H and O–H groups in total. The van der Waals surface area contributed by atoms with Crippen LogP contribution in [0.3, 0.4) is 0 Å². The largest absolute Gasteiger partial charge is 0.351 e. The van der Waals surface area contributed by atoms with E-state index in [1.165, 1.54) is 12.1 Å². The highest BCUT2D eigenvalue weighted by Gasteiger charge is 2.17. The van der Waals surface area contributed by atoms with Crippen molar-refractivity contribution in [1.29, 1.82) is 0 Å². The van der Waals surface area contributed by atoms with Crippen molar-refractivity contribution in [1.82, 2.24) is 20.1 Å². The van der Waals surface area contributed by atoms with Gasteiger partial charge >= 0.3 is 6.03 Å². The Morgan fingerprint density at radius 3 is 2.44 bits per heavy atom. The first kappa shape index (κ1) is 18.6. The molecule has 138 valence electrons. The number of nitrogens with one attached hydrogen (secondary N) is 1. The molecular formula is C18H16FN5O2S. The number of imide groups is 1. The van der Waals surface area contributed by atoms with Crippen LogP contribution in [0.2, 0.25) is 0 Å². The van der Waals surface area contributed by atoms with E-state index in [9.17, 15) is 14.0 Å². The van der Waals surface area contributed by atoms with E-state index < -0.39 is 11.9 Å². The fraction of sp³-hybridized carbons (Fsp3) is 0.111. The molecule has 3 aromatic rings. The Morgan fingerprint density at radius 1 is 1.07 bits per heavy atom. The van der Waals surface area contributed by atoms with Gasteiger partial charge in [-0.05, 0) is 29.8 Å². The number of halogens is 1. The highest BCUT2D eigenvalue weighted by molar-refractivity contribution is 7.99. The number of thioether (sulfide) groups is 1. The molecule has 1 aromatic heterocycles. The van der Waals surface area contributed by atoms with Gasteiger partial charge in [-0.25, -0.2) is 9.18 Å². The Morgan fingerprint density at radius 2 is 1.78 bits per heavy atom. The van der Waals surface area contributed by atoms with Gasteiger partial charge in [0.05, 0.1) is 5.75 Å². The van der Waals surface area contributed by atoms with Crippen molar-refractivity contribution >= 4 is 23.7 Å². The molecule has 1 heterocycles. The Kier molecular flexibility index (Phi) is 5.82. The summed E-state index contributed by atoms with van der Waals surface area (Å²) in [5.41, 5.74) is 6.65. The molecular weight excluding hydrogens is 369 g/mol. The number of primary amides is 1. The second kappa shape index (κ2) is 8.45. The van der Waals surface area contributed by atoms with Crippen LogP contribution < -0.4 is 11.1 Å². The van der Waals surface area contributed by atoms with Gasteiger partial charge in [-0.3, -0.25) is 14.7 Å². The number of carbonyl (C=O) groups is 2. The van der Waals surface area contributed by atoms with Crippen molar-refractivity contribution in [2.45, 2.75) is 11.6 Å². The van der Waals surface area contributed by atoms with E-state index in [-0.39, 0.29) is 11.6 Å². The number of aromatic nitrogens is 3. The summed E-state index contributed by atoms with van der Waals surface area (Å²) in [4.78, 5) is 22.4. The Bertz CT molecular complexity index is 944. The lowest BCUT2D eigenvalue weighted by atomic mass is 10.1. The van der Waals surface area contributed by atoms with Gasteiger partial charge in [0.1, 0.15) is 11.6 Å². The van der Waals surface area contributed by atoms with Crippen molar-refractivity contribution in [3.63, 3.8) is 0 Å². The van der Waals surface area contributed by atoms with Crippen LogP contribution in [0.4, 0.5) is 9.18 Å². The number of nitrogens with zero attached hydrogens (tertiary/aromatic N) is 3. The van der Waals surface area contributed by atoms with Crippen LogP contribution in [0, 0.1) is 5.82 Å². The van der Waals surface area contributed by atoms with E-state index in [1.54, 1.807) is 16.7 Å². The molecule has 0 fully saturated rings.